The van der Waals surface area contributed by atoms with Crippen LogP contribution in [0.15, 0.2) is 24.3 Å². The Balaban J connectivity index is 1.84. The van der Waals surface area contributed by atoms with Crippen LogP contribution in [0, 0.1) is 6.20 Å². The number of nitrogens with one attached hydrogen (secondary N) is 1. The highest BCUT2D eigenvalue weighted by atomic mass is 35.5. The molecule has 0 saturated carbocycles. The van der Waals surface area contributed by atoms with Crippen LogP contribution < -0.4 is 0 Å². The third-order valence-electron chi connectivity index (χ3n) is 3.95. The molecule has 0 saturated heterocycles. The molecule has 1 N–H and O–H groups in total. The number of aromatic nitrogens is 2. The number of rotatable bonds is 2. The standard InChI is InChI=1S/C16H18ClN2/c17-15-8-4-5-12(10-15)9-13-6-2-1-3-7-14-11-18-19-16(13)14/h4-5,8,10,13H,1-3,6-7,9H2,(H,18,19). The summed E-state index contributed by atoms with van der Waals surface area (Å²) in [5.74, 6) is 0.521. The molecular formula is C16H18ClN2. The van der Waals surface area contributed by atoms with Crippen molar-refractivity contribution in [3.63, 3.8) is 0 Å². The van der Waals surface area contributed by atoms with E-state index in [4.69, 9.17) is 11.6 Å². The summed E-state index contributed by atoms with van der Waals surface area (Å²) in [6.45, 7) is 0. The van der Waals surface area contributed by atoms with Crippen molar-refractivity contribution in [2.75, 3.05) is 0 Å². The van der Waals surface area contributed by atoms with Gasteiger partial charge in [0.2, 0.25) is 0 Å². The smallest absolute Gasteiger partial charge is 0.116 e. The molecule has 1 aliphatic rings. The third-order valence-corrected chi connectivity index (χ3v) is 4.19. The minimum atomic E-state index is 0.521. The molecule has 2 nitrogen and oxygen atoms in total. The van der Waals surface area contributed by atoms with Crippen LogP contribution in [0.25, 0.3) is 0 Å². The summed E-state index contributed by atoms with van der Waals surface area (Å²) < 4.78 is 0. The van der Waals surface area contributed by atoms with Gasteiger partial charge in [-0.25, -0.2) is 0 Å². The molecule has 1 atom stereocenters. The Morgan fingerprint density at radius 3 is 3.16 bits per heavy atom. The van der Waals surface area contributed by atoms with Gasteiger partial charge in [0.25, 0.3) is 0 Å². The van der Waals surface area contributed by atoms with Gasteiger partial charge in [-0.2, -0.15) is 5.10 Å². The highest BCUT2D eigenvalue weighted by molar-refractivity contribution is 6.30. The zero-order chi connectivity index (χ0) is 13.1. The number of H-pyrrole nitrogens is 1. The first-order chi connectivity index (χ1) is 9.33. The topological polar surface area (TPSA) is 28.7 Å². The molecule has 1 aromatic heterocycles. The van der Waals surface area contributed by atoms with E-state index < -0.39 is 0 Å². The van der Waals surface area contributed by atoms with Crippen LogP contribution in [0.2, 0.25) is 5.02 Å². The predicted molar refractivity (Wildman–Crippen MR) is 77.5 cm³/mol. The van der Waals surface area contributed by atoms with Gasteiger partial charge in [0.15, 0.2) is 0 Å². The Labute approximate surface area is 119 Å². The minimum Gasteiger partial charge on any atom is -0.281 e. The van der Waals surface area contributed by atoms with Crippen molar-refractivity contribution >= 4 is 11.6 Å². The van der Waals surface area contributed by atoms with Gasteiger partial charge >= 0.3 is 0 Å². The molecule has 2 aromatic rings. The van der Waals surface area contributed by atoms with Crippen LogP contribution in [0.1, 0.15) is 48.4 Å². The molecule has 1 unspecified atom stereocenters. The van der Waals surface area contributed by atoms with Crippen LogP contribution in [0.5, 0.6) is 0 Å². The van der Waals surface area contributed by atoms with Crippen LogP contribution in [0.4, 0.5) is 0 Å². The number of halogens is 1. The van der Waals surface area contributed by atoms with Crippen LogP contribution in [-0.4, -0.2) is 10.2 Å². The monoisotopic (exact) mass is 273 g/mol. The number of aryl methyl sites for hydroxylation is 1. The second kappa shape index (κ2) is 5.79. The van der Waals surface area contributed by atoms with Crippen molar-refractivity contribution in [1.82, 2.24) is 10.2 Å². The molecule has 3 heteroatoms. The lowest BCUT2D eigenvalue weighted by Crippen LogP contribution is -2.09. The molecule has 1 radical (unpaired) electrons. The Bertz CT molecular complexity index is 547. The summed E-state index contributed by atoms with van der Waals surface area (Å²) in [5.41, 5.74) is 3.88. The maximum Gasteiger partial charge on any atom is 0.116 e. The maximum atomic E-state index is 6.07. The first-order valence-electron chi connectivity index (χ1n) is 7.02. The number of hydrogen-bond acceptors (Lipinski definition) is 1. The van der Waals surface area contributed by atoms with Gasteiger partial charge in [-0.15, -0.1) is 0 Å². The first-order valence-corrected chi connectivity index (χ1v) is 7.40. The summed E-state index contributed by atoms with van der Waals surface area (Å²) in [6, 6.07) is 8.18. The fourth-order valence-corrected chi connectivity index (χ4v) is 3.19. The number of aromatic amines is 1. The van der Waals surface area contributed by atoms with Crippen molar-refractivity contribution in [3.05, 3.63) is 52.3 Å². The van der Waals surface area contributed by atoms with E-state index in [-0.39, 0.29) is 0 Å². The molecular weight excluding hydrogens is 256 g/mol. The molecule has 0 bridgehead atoms. The average Bonchev–Trinajstić information content (AvgIpc) is 2.82. The number of benzene rings is 1. The quantitative estimate of drug-likeness (QED) is 0.868. The summed E-state index contributed by atoms with van der Waals surface area (Å²) in [4.78, 5) is 0. The van der Waals surface area contributed by atoms with Gasteiger partial charge in [-0.05, 0) is 43.4 Å². The van der Waals surface area contributed by atoms with Gasteiger partial charge < -0.3 is 0 Å². The lowest BCUT2D eigenvalue weighted by Gasteiger charge is -2.20. The Morgan fingerprint density at radius 2 is 2.26 bits per heavy atom. The molecule has 0 fully saturated rings. The fraction of sp³-hybridized carbons (Fsp3) is 0.438. The van der Waals surface area contributed by atoms with Crippen LogP contribution in [-0.2, 0) is 12.8 Å². The third kappa shape index (κ3) is 3.01. The predicted octanol–water partition coefficient (Wildman–Crippen LogP) is 4.31. The zero-order valence-electron chi connectivity index (χ0n) is 11.0. The van der Waals surface area contributed by atoms with Gasteiger partial charge in [0, 0.05) is 22.2 Å². The molecule has 3 rings (SSSR count). The summed E-state index contributed by atoms with van der Waals surface area (Å²) in [5, 5.41) is 8.11. The fourth-order valence-electron chi connectivity index (χ4n) is 2.98. The summed E-state index contributed by atoms with van der Waals surface area (Å²) in [7, 11) is 0. The van der Waals surface area contributed by atoms with Crippen LogP contribution in [0.3, 0.4) is 0 Å². The van der Waals surface area contributed by atoms with Gasteiger partial charge in [0.05, 0.1) is 0 Å². The van der Waals surface area contributed by atoms with Crippen molar-refractivity contribution in [2.45, 2.75) is 44.4 Å². The van der Waals surface area contributed by atoms with Crippen molar-refractivity contribution in [2.24, 2.45) is 0 Å². The molecule has 0 amide bonds. The number of fused-ring (bicyclic) bond motifs is 1. The molecule has 1 aromatic carbocycles. The van der Waals surface area contributed by atoms with Crippen molar-refractivity contribution < 1.29 is 0 Å². The second-order valence-corrected chi connectivity index (χ2v) is 5.79. The Kier molecular flexibility index (Phi) is 3.88. The molecule has 19 heavy (non-hydrogen) atoms. The number of nitrogens with zero attached hydrogens (tertiary/aromatic N) is 1. The largest absolute Gasteiger partial charge is 0.281 e. The highest BCUT2D eigenvalue weighted by Crippen LogP contribution is 2.31. The van der Waals surface area contributed by atoms with Crippen molar-refractivity contribution in [1.29, 1.82) is 0 Å². The molecule has 1 heterocycles. The normalized spacial score (nSPS) is 19.5. The summed E-state index contributed by atoms with van der Waals surface area (Å²) in [6.07, 6.45) is 10.3. The minimum absolute atomic E-state index is 0.521. The Hall–Kier alpha value is -1.28. The van der Waals surface area contributed by atoms with E-state index in [1.165, 1.54) is 42.5 Å². The van der Waals surface area contributed by atoms with E-state index in [1.54, 1.807) is 0 Å². The lowest BCUT2D eigenvalue weighted by atomic mass is 9.86. The van der Waals surface area contributed by atoms with Crippen LogP contribution >= 0.6 is 11.6 Å². The van der Waals surface area contributed by atoms with E-state index in [0.29, 0.717) is 5.92 Å². The average molecular weight is 274 g/mol. The van der Waals surface area contributed by atoms with E-state index in [2.05, 4.69) is 28.5 Å². The van der Waals surface area contributed by atoms with Gasteiger partial charge in [-0.3, -0.25) is 5.10 Å². The zero-order valence-corrected chi connectivity index (χ0v) is 11.7. The van der Waals surface area contributed by atoms with Gasteiger partial charge in [-0.1, -0.05) is 36.6 Å². The maximum absolute atomic E-state index is 6.07. The number of hydrogen-bond donors (Lipinski definition) is 1. The molecule has 1 aliphatic carbocycles. The molecule has 99 valence electrons. The van der Waals surface area contributed by atoms with E-state index >= 15 is 0 Å². The SMILES string of the molecule is Clc1cccc(CC2CCCCCc3[c]n[nH]c32)c1. The van der Waals surface area contributed by atoms with Crippen molar-refractivity contribution in [3.8, 4) is 0 Å². The van der Waals surface area contributed by atoms with E-state index in [1.807, 2.05) is 12.1 Å². The molecule has 0 spiro atoms. The second-order valence-electron chi connectivity index (χ2n) is 5.36. The first kappa shape index (κ1) is 12.7. The van der Waals surface area contributed by atoms with Gasteiger partial charge in [0.1, 0.15) is 6.20 Å². The Morgan fingerprint density at radius 1 is 1.32 bits per heavy atom. The highest BCUT2D eigenvalue weighted by Gasteiger charge is 2.20. The summed E-state index contributed by atoms with van der Waals surface area (Å²) >= 11 is 6.07. The van der Waals surface area contributed by atoms with E-state index in [9.17, 15) is 0 Å². The molecule has 0 aliphatic heterocycles. The van der Waals surface area contributed by atoms with E-state index in [0.717, 1.165) is 17.9 Å². The lowest BCUT2D eigenvalue weighted by molar-refractivity contribution is 0.522.